The van der Waals surface area contributed by atoms with Crippen LogP contribution in [0.1, 0.15) is 22.5 Å². The Morgan fingerprint density at radius 2 is 1.14 bits per heavy atom. The second kappa shape index (κ2) is 8.44. The number of rotatable bonds is 4. The van der Waals surface area contributed by atoms with E-state index in [-0.39, 0.29) is 17.1 Å². The summed E-state index contributed by atoms with van der Waals surface area (Å²) < 4.78 is 87.5. The predicted molar refractivity (Wildman–Crippen MR) is 117 cm³/mol. The van der Waals surface area contributed by atoms with Gasteiger partial charge in [0.05, 0.1) is 0 Å². The molecule has 0 aliphatic heterocycles. The highest BCUT2D eigenvalue weighted by atomic mass is 19.4. The van der Waals surface area contributed by atoms with Gasteiger partial charge in [0.2, 0.25) is 5.41 Å². The normalized spacial score (nSPS) is 12.7. The Labute approximate surface area is 196 Å². The topological polar surface area (TPSA) is 50.9 Å². The molecule has 0 saturated heterocycles. The van der Waals surface area contributed by atoms with Crippen LogP contribution in [0.3, 0.4) is 0 Å². The minimum absolute atomic E-state index is 0.0251. The fourth-order valence-electron chi connectivity index (χ4n) is 4.11. The first-order valence-corrected chi connectivity index (χ1v) is 10.4. The van der Waals surface area contributed by atoms with Gasteiger partial charge >= 0.3 is 12.4 Å². The molecule has 0 saturated carbocycles. The van der Waals surface area contributed by atoms with Gasteiger partial charge in [-0.1, -0.05) is 54.1 Å². The largest absolute Gasteiger partial charge is 0.508 e. The van der Waals surface area contributed by atoms with E-state index in [1.807, 2.05) is 0 Å². The number of halogens is 6. The van der Waals surface area contributed by atoms with Gasteiger partial charge in [0.15, 0.2) is 5.82 Å². The molecular weight excluding hydrogens is 472 g/mol. The molecule has 0 fully saturated rings. The summed E-state index contributed by atoms with van der Waals surface area (Å²) in [5.74, 6) is 0.686. The third kappa shape index (κ3) is 4.02. The zero-order valence-corrected chi connectivity index (χ0v) is 18.5. The van der Waals surface area contributed by atoms with Crippen molar-refractivity contribution in [1.29, 1.82) is 0 Å². The number of phenolic OH excluding ortho intramolecular Hbond substituents is 1. The summed E-state index contributed by atoms with van der Waals surface area (Å²) in [7, 11) is 0. The van der Waals surface area contributed by atoms with Crippen molar-refractivity contribution >= 4 is 0 Å². The summed E-state index contributed by atoms with van der Waals surface area (Å²) in [6, 6.07) is 14.2. The monoisotopic (exact) mass is 491 g/mol. The molecule has 1 N–H and O–H groups in total. The van der Waals surface area contributed by atoms with Crippen molar-refractivity contribution in [3.05, 3.63) is 95.3 Å². The predicted octanol–water partition coefficient (Wildman–Crippen LogP) is 6.67. The Balaban J connectivity index is 1.88. The molecule has 0 aliphatic rings. The van der Waals surface area contributed by atoms with Crippen LogP contribution in [0.4, 0.5) is 26.3 Å². The van der Waals surface area contributed by atoms with Gasteiger partial charge < -0.3 is 5.11 Å². The molecule has 4 aromatic rings. The van der Waals surface area contributed by atoms with Crippen LogP contribution in [0.5, 0.6) is 5.75 Å². The zero-order valence-electron chi connectivity index (χ0n) is 18.5. The Hall–Kier alpha value is -3.82. The van der Waals surface area contributed by atoms with E-state index in [2.05, 4.69) is 10.2 Å². The summed E-state index contributed by atoms with van der Waals surface area (Å²) >= 11 is 0. The van der Waals surface area contributed by atoms with Crippen molar-refractivity contribution in [2.75, 3.05) is 0 Å². The molecule has 35 heavy (non-hydrogen) atoms. The maximum atomic E-state index is 14.3. The molecular formula is C25H19F6N3O. The van der Waals surface area contributed by atoms with Gasteiger partial charge in [0.25, 0.3) is 0 Å². The Bertz CT molecular complexity index is 1310. The lowest BCUT2D eigenvalue weighted by Crippen LogP contribution is -2.54. The minimum atomic E-state index is -5.66. The molecule has 1 heterocycles. The number of aryl methyl sites for hydroxylation is 2. The van der Waals surface area contributed by atoms with Crippen LogP contribution in [-0.4, -0.2) is 32.2 Å². The molecule has 1 aromatic heterocycles. The van der Waals surface area contributed by atoms with Crippen LogP contribution >= 0.6 is 0 Å². The fraction of sp³-hybridized carbons (Fsp3) is 0.200. The van der Waals surface area contributed by atoms with Crippen molar-refractivity contribution in [2.45, 2.75) is 31.6 Å². The summed E-state index contributed by atoms with van der Waals surface area (Å²) in [5.41, 5.74) is -4.73. The van der Waals surface area contributed by atoms with Crippen molar-refractivity contribution < 1.29 is 31.4 Å². The number of hydrogen-bond donors (Lipinski definition) is 1. The number of phenols is 1. The Morgan fingerprint density at radius 3 is 1.63 bits per heavy atom. The van der Waals surface area contributed by atoms with E-state index in [0.717, 1.165) is 36.4 Å². The average Bonchev–Trinajstić information content (AvgIpc) is 3.16. The lowest BCUT2D eigenvalue weighted by Gasteiger charge is -2.38. The SMILES string of the molecule is Cc1ccc(C(c2ccc(-c3nnc(C)n3-c3ccc(O)cc3)cc2)(C(F)(F)F)C(F)(F)F)cc1. The van der Waals surface area contributed by atoms with E-state index in [9.17, 15) is 31.4 Å². The molecule has 0 spiro atoms. The van der Waals surface area contributed by atoms with E-state index in [4.69, 9.17) is 0 Å². The number of benzene rings is 3. The first-order chi connectivity index (χ1) is 16.4. The Morgan fingerprint density at radius 1 is 0.657 bits per heavy atom. The van der Waals surface area contributed by atoms with Crippen molar-refractivity contribution in [3.63, 3.8) is 0 Å². The second-order valence-corrected chi connectivity index (χ2v) is 8.11. The third-order valence-electron chi connectivity index (χ3n) is 5.84. The average molecular weight is 491 g/mol. The van der Waals surface area contributed by atoms with E-state index in [1.54, 1.807) is 30.5 Å². The molecule has 0 radical (unpaired) electrons. The maximum absolute atomic E-state index is 14.3. The fourth-order valence-corrected chi connectivity index (χ4v) is 4.11. The third-order valence-corrected chi connectivity index (χ3v) is 5.84. The summed E-state index contributed by atoms with van der Waals surface area (Å²) in [6.07, 6.45) is -11.3. The summed E-state index contributed by atoms with van der Waals surface area (Å²) in [5, 5.41) is 17.6. The number of aromatic hydroxyl groups is 1. The number of nitrogens with zero attached hydrogens (tertiary/aromatic N) is 3. The Kier molecular flexibility index (Phi) is 5.86. The first kappa shape index (κ1) is 24.3. The molecule has 4 rings (SSSR count). The van der Waals surface area contributed by atoms with E-state index in [1.165, 1.54) is 24.3 Å². The highest BCUT2D eigenvalue weighted by Gasteiger charge is 2.72. The second-order valence-electron chi connectivity index (χ2n) is 8.11. The highest BCUT2D eigenvalue weighted by molar-refractivity contribution is 5.61. The van der Waals surface area contributed by atoms with Gasteiger partial charge in [-0.25, -0.2) is 0 Å². The quantitative estimate of drug-likeness (QED) is 0.325. The van der Waals surface area contributed by atoms with E-state index in [0.29, 0.717) is 17.1 Å². The van der Waals surface area contributed by atoms with Gasteiger partial charge in [-0.15, -0.1) is 10.2 Å². The lowest BCUT2D eigenvalue weighted by atomic mass is 9.72. The molecule has 0 unspecified atom stereocenters. The van der Waals surface area contributed by atoms with Crippen LogP contribution in [0, 0.1) is 13.8 Å². The molecule has 3 aromatic carbocycles. The van der Waals surface area contributed by atoms with Gasteiger partial charge in [-0.2, -0.15) is 26.3 Å². The van der Waals surface area contributed by atoms with Gasteiger partial charge in [-0.05, 0) is 49.2 Å². The van der Waals surface area contributed by atoms with Crippen LogP contribution in [-0.2, 0) is 5.41 Å². The van der Waals surface area contributed by atoms with Crippen LogP contribution < -0.4 is 0 Å². The maximum Gasteiger partial charge on any atom is 0.411 e. The first-order valence-electron chi connectivity index (χ1n) is 10.4. The standard InChI is InChI=1S/C25H19F6N3O/c1-15-3-7-18(8-4-15)23(24(26,27)28,25(29,30)31)19-9-5-17(6-10-19)22-33-32-16(2)34(22)20-11-13-21(35)14-12-20/h3-14,35H,1-2H3. The van der Waals surface area contributed by atoms with Gasteiger partial charge in [-0.3, -0.25) is 4.57 Å². The zero-order chi connectivity index (χ0) is 25.6. The number of hydrogen-bond acceptors (Lipinski definition) is 3. The summed E-state index contributed by atoms with van der Waals surface area (Å²) in [6.45, 7) is 3.22. The van der Waals surface area contributed by atoms with Crippen molar-refractivity contribution in [2.24, 2.45) is 0 Å². The molecule has 4 nitrogen and oxygen atoms in total. The van der Waals surface area contributed by atoms with E-state index >= 15 is 0 Å². The minimum Gasteiger partial charge on any atom is -0.508 e. The summed E-state index contributed by atoms with van der Waals surface area (Å²) in [4.78, 5) is 0. The number of aromatic nitrogens is 3. The molecule has 0 atom stereocenters. The van der Waals surface area contributed by atoms with Gasteiger partial charge in [0, 0.05) is 11.3 Å². The molecule has 0 aliphatic carbocycles. The van der Waals surface area contributed by atoms with Crippen LogP contribution in [0.25, 0.3) is 17.1 Å². The molecule has 0 bridgehead atoms. The molecule has 10 heteroatoms. The van der Waals surface area contributed by atoms with E-state index < -0.39 is 28.9 Å². The van der Waals surface area contributed by atoms with Crippen LogP contribution in [0.2, 0.25) is 0 Å². The molecule has 0 amide bonds. The number of alkyl halides is 6. The van der Waals surface area contributed by atoms with Gasteiger partial charge in [0.1, 0.15) is 11.6 Å². The smallest absolute Gasteiger partial charge is 0.411 e. The lowest BCUT2D eigenvalue weighted by molar-refractivity contribution is -0.288. The highest BCUT2D eigenvalue weighted by Crippen LogP contribution is 2.56. The van der Waals surface area contributed by atoms with Crippen LogP contribution in [0.15, 0.2) is 72.8 Å². The van der Waals surface area contributed by atoms with Crippen molar-refractivity contribution in [3.8, 4) is 22.8 Å². The van der Waals surface area contributed by atoms with Crippen molar-refractivity contribution in [1.82, 2.24) is 14.8 Å². The molecule has 182 valence electrons.